The van der Waals surface area contributed by atoms with Gasteiger partial charge in [-0.2, -0.15) is 0 Å². The highest BCUT2D eigenvalue weighted by atomic mass is 16.5. The SMILES string of the molecule is CCNC(CN(C)CCOC)C(C)C. The fourth-order valence-electron chi connectivity index (χ4n) is 1.45. The summed E-state index contributed by atoms with van der Waals surface area (Å²) < 4.78 is 5.05. The van der Waals surface area contributed by atoms with Gasteiger partial charge in [-0.05, 0) is 19.5 Å². The van der Waals surface area contributed by atoms with Gasteiger partial charge >= 0.3 is 0 Å². The monoisotopic (exact) mass is 202 g/mol. The minimum absolute atomic E-state index is 0.585. The Hall–Kier alpha value is -0.120. The molecular formula is C11H26N2O. The number of hydrogen-bond acceptors (Lipinski definition) is 3. The Kier molecular flexibility index (Phi) is 8.14. The number of rotatable bonds is 8. The molecule has 0 bridgehead atoms. The predicted molar refractivity (Wildman–Crippen MR) is 61.7 cm³/mol. The zero-order valence-electron chi connectivity index (χ0n) is 10.3. The molecule has 0 spiro atoms. The molecule has 0 saturated carbocycles. The van der Waals surface area contributed by atoms with Gasteiger partial charge in [0.1, 0.15) is 0 Å². The van der Waals surface area contributed by atoms with Crippen molar-refractivity contribution in [3.63, 3.8) is 0 Å². The summed E-state index contributed by atoms with van der Waals surface area (Å²) in [6.07, 6.45) is 0. The number of nitrogens with one attached hydrogen (secondary N) is 1. The number of nitrogens with zero attached hydrogens (tertiary/aromatic N) is 1. The van der Waals surface area contributed by atoms with Crippen molar-refractivity contribution in [1.29, 1.82) is 0 Å². The highest BCUT2D eigenvalue weighted by Gasteiger charge is 2.13. The summed E-state index contributed by atoms with van der Waals surface area (Å²) in [6, 6.07) is 0.585. The molecule has 0 aliphatic rings. The second kappa shape index (κ2) is 8.21. The lowest BCUT2D eigenvalue weighted by atomic mass is 10.0. The predicted octanol–water partition coefficient (Wildman–Crippen LogP) is 1.20. The third kappa shape index (κ3) is 6.35. The molecule has 0 aromatic carbocycles. The highest BCUT2D eigenvalue weighted by molar-refractivity contribution is 4.73. The molecule has 0 aliphatic heterocycles. The molecule has 0 aromatic heterocycles. The van der Waals surface area contributed by atoms with Crippen LogP contribution in [-0.4, -0.2) is 51.3 Å². The summed E-state index contributed by atoms with van der Waals surface area (Å²) in [6.45, 7) is 10.6. The lowest BCUT2D eigenvalue weighted by molar-refractivity contribution is 0.151. The van der Waals surface area contributed by atoms with Gasteiger partial charge in [0, 0.05) is 26.2 Å². The van der Waals surface area contributed by atoms with Crippen molar-refractivity contribution in [2.75, 3.05) is 40.4 Å². The smallest absolute Gasteiger partial charge is 0.0589 e. The Morgan fingerprint density at radius 3 is 2.43 bits per heavy atom. The summed E-state index contributed by atoms with van der Waals surface area (Å²) in [5.74, 6) is 0.681. The van der Waals surface area contributed by atoms with Crippen molar-refractivity contribution >= 4 is 0 Å². The van der Waals surface area contributed by atoms with Crippen LogP contribution in [0.3, 0.4) is 0 Å². The lowest BCUT2D eigenvalue weighted by Crippen LogP contribution is -2.43. The molecule has 0 radical (unpaired) electrons. The quantitative estimate of drug-likeness (QED) is 0.640. The topological polar surface area (TPSA) is 24.5 Å². The first-order chi connectivity index (χ1) is 6.61. The Labute approximate surface area is 88.8 Å². The number of methoxy groups -OCH3 is 1. The van der Waals surface area contributed by atoms with E-state index in [0.29, 0.717) is 12.0 Å². The van der Waals surface area contributed by atoms with Crippen LogP contribution < -0.4 is 5.32 Å². The molecule has 1 N–H and O–H groups in total. The summed E-state index contributed by atoms with van der Waals surface area (Å²) >= 11 is 0. The average Bonchev–Trinajstić information content (AvgIpc) is 2.14. The van der Waals surface area contributed by atoms with E-state index in [1.54, 1.807) is 7.11 Å². The maximum absolute atomic E-state index is 5.05. The van der Waals surface area contributed by atoms with Crippen LogP contribution in [0.5, 0.6) is 0 Å². The van der Waals surface area contributed by atoms with Crippen molar-refractivity contribution in [1.82, 2.24) is 10.2 Å². The van der Waals surface area contributed by atoms with E-state index in [1.165, 1.54) is 0 Å². The molecule has 1 atom stereocenters. The number of hydrogen-bond donors (Lipinski definition) is 1. The summed E-state index contributed by atoms with van der Waals surface area (Å²) in [4.78, 5) is 2.32. The van der Waals surface area contributed by atoms with Gasteiger partial charge in [-0.15, -0.1) is 0 Å². The standard InChI is InChI=1S/C11H26N2O/c1-6-12-11(10(2)3)9-13(4)7-8-14-5/h10-12H,6-9H2,1-5H3. The highest BCUT2D eigenvalue weighted by Crippen LogP contribution is 2.02. The first-order valence-electron chi connectivity index (χ1n) is 5.52. The zero-order valence-corrected chi connectivity index (χ0v) is 10.3. The van der Waals surface area contributed by atoms with Gasteiger partial charge in [-0.25, -0.2) is 0 Å². The van der Waals surface area contributed by atoms with Crippen LogP contribution in [0.25, 0.3) is 0 Å². The van der Waals surface area contributed by atoms with Gasteiger partial charge in [-0.3, -0.25) is 0 Å². The Morgan fingerprint density at radius 1 is 1.36 bits per heavy atom. The second-order valence-electron chi connectivity index (χ2n) is 4.16. The molecule has 3 heteroatoms. The Bertz CT molecular complexity index is 128. The molecular weight excluding hydrogens is 176 g/mol. The molecule has 86 valence electrons. The van der Waals surface area contributed by atoms with Crippen LogP contribution in [0, 0.1) is 5.92 Å². The van der Waals surface area contributed by atoms with E-state index in [1.807, 2.05) is 0 Å². The fraction of sp³-hybridized carbons (Fsp3) is 1.00. The van der Waals surface area contributed by atoms with Crippen LogP contribution in [0.2, 0.25) is 0 Å². The Morgan fingerprint density at radius 2 is 2.00 bits per heavy atom. The molecule has 0 saturated heterocycles. The van der Waals surface area contributed by atoms with Gasteiger partial charge in [0.15, 0.2) is 0 Å². The van der Waals surface area contributed by atoms with E-state index < -0.39 is 0 Å². The number of ether oxygens (including phenoxy) is 1. The molecule has 0 fully saturated rings. The molecule has 0 rings (SSSR count). The number of likely N-dealkylation sites (N-methyl/N-ethyl adjacent to an activating group) is 2. The summed E-state index contributed by atoms with van der Waals surface area (Å²) in [5.41, 5.74) is 0. The third-order valence-electron chi connectivity index (χ3n) is 2.46. The van der Waals surface area contributed by atoms with Crippen LogP contribution in [0.4, 0.5) is 0 Å². The maximum Gasteiger partial charge on any atom is 0.0589 e. The van der Waals surface area contributed by atoms with Crippen LogP contribution >= 0.6 is 0 Å². The van der Waals surface area contributed by atoms with Crippen molar-refractivity contribution < 1.29 is 4.74 Å². The lowest BCUT2D eigenvalue weighted by Gasteiger charge is -2.27. The van der Waals surface area contributed by atoms with Crippen LogP contribution in [0.15, 0.2) is 0 Å². The fourth-order valence-corrected chi connectivity index (χ4v) is 1.45. The minimum atomic E-state index is 0.585. The van der Waals surface area contributed by atoms with E-state index in [0.717, 1.165) is 26.2 Å². The van der Waals surface area contributed by atoms with Crippen LogP contribution in [-0.2, 0) is 4.74 Å². The average molecular weight is 202 g/mol. The largest absolute Gasteiger partial charge is 0.383 e. The van der Waals surface area contributed by atoms with Gasteiger partial charge in [0.05, 0.1) is 6.61 Å². The first-order valence-corrected chi connectivity index (χ1v) is 5.52. The zero-order chi connectivity index (χ0) is 11.0. The van der Waals surface area contributed by atoms with Gasteiger partial charge < -0.3 is 15.0 Å². The minimum Gasteiger partial charge on any atom is -0.383 e. The second-order valence-corrected chi connectivity index (χ2v) is 4.16. The third-order valence-corrected chi connectivity index (χ3v) is 2.46. The van der Waals surface area contributed by atoms with E-state index in [9.17, 15) is 0 Å². The molecule has 14 heavy (non-hydrogen) atoms. The van der Waals surface area contributed by atoms with Crippen molar-refractivity contribution in [2.24, 2.45) is 5.92 Å². The van der Waals surface area contributed by atoms with Crippen molar-refractivity contribution in [2.45, 2.75) is 26.8 Å². The van der Waals surface area contributed by atoms with Gasteiger partial charge in [-0.1, -0.05) is 20.8 Å². The van der Waals surface area contributed by atoms with Crippen molar-refractivity contribution in [3.8, 4) is 0 Å². The van der Waals surface area contributed by atoms with Gasteiger partial charge in [0.2, 0.25) is 0 Å². The first kappa shape index (κ1) is 13.9. The summed E-state index contributed by atoms with van der Waals surface area (Å²) in [7, 11) is 3.89. The van der Waals surface area contributed by atoms with E-state index in [-0.39, 0.29) is 0 Å². The molecule has 0 aromatic rings. The van der Waals surface area contributed by atoms with Gasteiger partial charge in [0.25, 0.3) is 0 Å². The molecule has 3 nitrogen and oxygen atoms in total. The van der Waals surface area contributed by atoms with E-state index in [4.69, 9.17) is 4.74 Å². The van der Waals surface area contributed by atoms with Crippen molar-refractivity contribution in [3.05, 3.63) is 0 Å². The maximum atomic E-state index is 5.05. The Balaban J connectivity index is 3.77. The molecule has 0 heterocycles. The van der Waals surface area contributed by atoms with E-state index in [2.05, 4.69) is 38.0 Å². The van der Waals surface area contributed by atoms with E-state index >= 15 is 0 Å². The normalized spacial score (nSPS) is 13.9. The van der Waals surface area contributed by atoms with Crippen LogP contribution in [0.1, 0.15) is 20.8 Å². The molecule has 0 amide bonds. The summed E-state index contributed by atoms with van der Waals surface area (Å²) in [5, 5.41) is 3.51. The molecule has 1 unspecified atom stereocenters. The molecule has 0 aliphatic carbocycles.